The summed E-state index contributed by atoms with van der Waals surface area (Å²) >= 11 is 3.73. The fourth-order valence-electron chi connectivity index (χ4n) is 2.16. The zero-order valence-electron chi connectivity index (χ0n) is 8.53. The van der Waals surface area contributed by atoms with Gasteiger partial charge in [0.2, 0.25) is 0 Å². The third kappa shape index (κ3) is 3.37. The van der Waals surface area contributed by atoms with Crippen LogP contribution in [0.15, 0.2) is 0 Å². The second kappa shape index (κ2) is 6.20. The van der Waals surface area contributed by atoms with Gasteiger partial charge in [-0.3, -0.25) is 0 Å². The van der Waals surface area contributed by atoms with Crippen LogP contribution >= 0.6 is 23.5 Å². The van der Waals surface area contributed by atoms with E-state index in [1.54, 1.807) is 0 Å². The molecule has 0 amide bonds. The molecule has 1 aliphatic rings. The van der Waals surface area contributed by atoms with Gasteiger partial charge in [-0.15, -0.1) is 0 Å². The van der Waals surface area contributed by atoms with E-state index in [0.29, 0.717) is 11.8 Å². The van der Waals surface area contributed by atoms with Gasteiger partial charge in [0, 0.05) is 0 Å². The lowest BCUT2D eigenvalue weighted by molar-refractivity contribution is 0.0376. The first-order valence-corrected chi connectivity index (χ1v) is 7.74. The van der Waals surface area contributed by atoms with Crippen molar-refractivity contribution in [1.29, 1.82) is 0 Å². The molecule has 0 aliphatic heterocycles. The highest BCUT2D eigenvalue weighted by Gasteiger charge is 2.30. The molecule has 1 N–H and O–H groups in total. The van der Waals surface area contributed by atoms with Crippen molar-refractivity contribution in [2.45, 2.75) is 25.4 Å². The van der Waals surface area contributed by atoms with Crippen molar-refractivity contribution in [1.82, 2.24) is 0 Å². The number of hydrogen-bond donors (Lipinski definition) is 1. The average Bonchev–Trinajstić information content (AvgIpc) is 2.13. The first-order valence-electron chi connectivity index (χ1n) is 4.95. The molecule has 0 aromatic heterocycles. The van der Waals surface area contributed by atoms with E-state index in [1.807, 2.05) is 23.5 Å². The first-order chi connectivity index (χ1) is 6.29. The normalized spacial score (nSPS) is 34.8. The summed E-state index contributed by atoms with van der Waals surface area (Å²) in [6.45, 7) is 0. The van der Waals surface area contributed by atoms with E-state index in [-0.39, 0.29) is 6.10 Å². The van der Waals surface area contributed by atoms with Crippen molar-refractivity contribution in [2.24, 2.45) is 11.8 Å². The monoisotopic (exact) mass is 220 g/mol. The molecule has 0 aromatic rings. The van der Waals surface area contributed by atoms with Gasteiger partial charge in [-0.1, -0.05) is 6.42 Å². The number of aliphatic hydroxyl groups excluding tert-OH is 1. The molecule has 13 heavy (non-hydrogen) atoms. The Morgan fingerprint density at radius 2 is 1.54 bits per heavy atom. The summed E-state index contributed by atoms with van der Waals surface area (Å²) < 4.78 is 0. The highest BCUT2D eigenvalue weighted by Crippen LogP contribution is 2.32. The van der Waals surface area contributed by atoms with Crippen molar-refractivity contribution in [2.75, 3.05) is 24.0 Å². The molecule has 0 saturated heterocycles. The lowest BCUT2D eigenvalue weighted by atomic mass is 9.80. The molecule has 2 atom stereocenters. The Kier molecular flexibility index (Phi) is 5.60. The lowest BCUT2D eigenvalue weighted by Crippen LogP contribution is -2.35. The van der Waals surface area contributed by atoms with E-state index >= 15 is 0 Å². The van der Waals surface area contributed by atoms with Gasteiger partial charge in [0.25, 0.3) is 0 Å². The van der Waals surface area contributed by atoms with Crippen LogP contribution in [-0.2, 0) is 0 Å². The largest absolute Gasteiger partial charge is 0.392 e. The lowest BCUT2D eigenvalue weighted by Gasteiger charge is -2.34. The van der Waals surface area contributed by atoms with E-state index in [4.69, 9.17) is 0 Å². The maximum absolute atomic E-state index is 10.1. The summed E-state index contributed by atoms with van der Waals surface area (Å²) in [6, 6.07) is 0. The zero-order valence-corrected chi connectivity index (χ0v) is 10.2. The van der Waals surface area contributed by atoms with Crippen LogP contribution in [0, 0.1) is 11.8 Å². The van der Waals surface area contributed by atoms with Gasteiger partial charge in [-0.2, -0.15) is 23.5 Å². The smallest absolute Gasteiger partial charge is 0.0612 e. The third-order valence-corrected chi connectivity index (χ3v) is 4.40. The second-order valence-corrected chi connectivity index (χ2v) is 5.67. The van der Waals surface area contributed by atoms with Crippen molar-refractivity contribution in [3.63, 3.8) is 0 Å². The average molecular weight is 220 g/mol. The standard InChI is InChI=1S/C10H20OS2/c1-12-6-8-4-3-5-9(7-13-2)10(8)11/h8-11H,3-7H2,1-2H3. The summed E-state index contributed by atoms with van der Waals surface area (Å²) in [6.07, 6.45) is 8.00. The van der Waals surface area contributed by atoms with Crippen molar-refractivity contribution < 1.29 is 5.11 Å². The highest BCUT2D eigenvalue weighted by atomic mass is 32.2. The van der Waals surface area contributed by atoms with Crippen LogP contribution in [0.5, 0.6) is 0 Å². The van der Waals surface area contributed by atoms with Crippen molar-refractivity contribution in [3.8, 4) is 0 Å². The Balaban J connectivity index is 2.40. The molecule has 0 heterocycles. The van der Waals surface area contributed by atoms with Crippen LogP contribution in [0.1, 0.15) is 19.3 Å². The maximum Gasteiger partial charge on any atom is 0.0612 e. The fourth-order valence-corrected chi connectivity index (χ4v) is 3.74. The minimum absolute atomic E-state index is 0.0337. The topological polar surface area (TPSA) is 20.2 Å². The molecule has 0 spiro atoms. The molecule has 78 valence electrons. The summed E-state index contributed by atoms with van der Waals surface area (Å²) in [5.41, 5.74) is 0. The van der Waals surface area contributed by atoms with Crippen molar-refractivity contribution in [3.05, 3.63) is 0 Å². The zero-order chi connectivity index (χ0) is 9.68. The molecule has 1 rings (SSSR count). The van der Waals surface area contributed by atoms with Gasteiger partial charge in [0.1, 0.15) is 0 Å². The SMILES string of the molecule is CSCC1CCCC(CSC)C1O. The molecule has 3 heteroatoms. The van der Waals surface area contributed by atoms with Gasteiger partial charge in [0.15, 0.2) is 0 Å². The van der Waals surface area contributed by atoms with E-state index in [2.05, 4.69) is 12.5 Å². The van der Waals surface area contributed by atoms with Crippen LogP contribution in [-0.4, -0.2) is 35.2 Å². The molecule has 2 unspecified atom stereocenters. The molecular weight excluding hydrogens is 200 g/mol. The van der Waals surface area contributed by atoms with Gasteiger partial charge >= 0.3 is 0 Å². The van der Waals surface area contributed by atoms with Gasteiger partial charge in [-0.05, 0) is 48.7 Å². The number of rotatable bonds is 4. The van der Waals surface area contributed by atoms with E-state index < -0.39 is 0 Å². The molecule has 0 bridgehead atoms. The second-order valence-electron chi connectivity index (χ2n) is 3.85. The Bertz CT molecular complexity index is 123. The predicted octanol–water partition coefficient (Wildman–Crippen LogP) is 2.49. The summed E-state index contributed by atoms with van der Waals surface area (Å²) in [5.74, 6) is 3.37. The van der Waals surface area contributed by atoms with E-state index in [0.717, 1.165) is 11.5 Å². The Hall–Kier alpha value is 0.660. The first kappa shape index (κ1) is 11.7. The molecule has 1 aliphatic carbocycles. The Labute approximate surface area is 90.1 Å². The summed E-state index contributed by atoms with van der Waals surface area (Å²) in [7, 11) is 0. The number of hydrogen-bond acceptors (Lipinski definition) is 3. The van der Waals surface area contributed by atoms with Gasteiger partial charge in [-0.25, -0.2) is 0 Å². The summed E-state index contributed by atoms with van der Waals surface area (Å²) in [4.78, 5) is 0. The van der Waals surface area contributed by atoms with Crippen molar-refractivity contribution >= 4 is 23.5 Å². The fraction of sp³-hybridized carbons (Fsp3) is 1.00. The molecule has 1 fully saturated rings. The van der Waals surface area contributed by atoms with Crippen LogP contribution in [0.25, 0.3) is 0 Å². The Morgan fingerprint density at radius 3 is 1.92 bits per heavy atom. The molecule has 0 aromatic carbocycles. The van der Waals surface area contributed by atoms with E-state index in [9.17, 15) is 5.11 Å². The molecule has 1 saturated carbocycles. The van der Waals surface area contributed by atoms with E-state index in [1.165, 1.54) is 19.3 Å². The van der Waals surface area contributed by atoms with Crippen LogP contribution < -0.4 is 0 Å². The number of thioether (sulfide) groups is 2. The molecule has 1 nitrogen and oxygen atoms in total. The molecular formula is C10H20OS2. The quantitative estimate of drug-likeness (QED) is 0.786. The highest BCUT2D eigenvalue weighted by molar-refractivity contribution is 7.98. The molecule has 0 radical (unpaired) electrons. The minimum atomic E-state index is -0.0337. The number of aliphatic hydroxyl groups is 1. The van der Waals surface area contributed by atoms with Crippen LogP contribution in [0.3, 0.4) is 0 Å². The predicted molar refractivity (Wildman–Crippen MR) is 63.6 cm³/mol. The van der Waals surface area contributed by atoms with Gasteiger partial charge < -0.3 is 5.11 Å². The van der Waals surface area contributed by atoms with Crippen LogP contribution in [0.2, 0.25) is 0 Å². The summed E-state index contributed by atoms with van der Waals surface area (Å²) in [5, 5.41) is 10.1. The third-order valence-electron chi connectivity index (χ3n) is 2.88. The Morgan fingerprint density at radius 1 is 1.08 bits per heavy atom. The maximum atomic E-state index is 10.1. The van der Waals surface area contributed by atoms with Gasteiger partial charge in [0.05, 0.1) is 6.10 Å². The van der Waals surface area contributed by atoms with Crippen LogP contribution in [0.4, 0.5) is 0 Å². The minimum Gasteiger partial charge on any atom is -0.392 e.